The third-order valence-electron chi connectivity index (χ3n) is 3.92. The zero-order valence-electron chi connectivity index (χ0n) is 13.7. The fraction of sp³-hybridized carbons (Fsp3) is 0.412. The number of aromatic nitrogens is 2. The van der Waals surface area contributed by atoms with Crippen molar-refractivity contribution in [1.82, 2.24) is 14.7 Å². The van der Waals surface area contributed by atoms with E-state index in [1.807, 2.05) is 45.0 Å². The van der Waals surface area contributed by atoms with Gasteiger partial charge in [-0.3, -0.25) is 9.48 Å². The van der Waals surface area contributed by atoms with Crippen LogP contribution in [0.3, 0.4) is 0 Å². The standard InChI is InChI=1S/C17H22ClN3O2/c1-4-20(10-16(22)14-7-5-12(2)6-8-14)17(23)11-21-13(3)15(18)9-19-21/h5-9,16,22H,4,10-11H2,1-3H3. The largest absolute Gasteiger partial charge is 0.387 e. The Balaban J connectivity index is 2.02. The molecule has 2 rings (SSSR count). The van der Waals surface area contributed by atoms with Gasteiger partial charge in [-0.15, -0.1) is 0 Å². The van der Waals surface area contributed by atoms with E-state index in [4.69, 9.17) is 11.6 Å². The topological polar surface area (TPSA) is 58.4 Å². The first kappa shape index (κ1) is 17.5. The summed E-state index contributed by atoms with van der Waals surface area (Å²) < 4.78 is 1.57. The fourth-order valence-electron chi connectivity index (χ4n) is 2.32. The Morgan fingerprint density at radius 1 is 1.35 bits per heavy atom. The Bertz CT molecular complexity index is 667. The van der Waals surface area contributed by atoms with Gasteiger partial charge in [-0.1, -0.05) is 41.4 Å². The van der Waals surface area contributed by atoms with Crippen molar-refractivity contribution < 1.29 is 9.90 Å². The van der Waals surface area contributed by atoms with Crippen LogP contribution in [0.2, 0.25) is 5.02 Å². The van der Waals surface area contributed by atoms with Gasteiger partial charge in [0.25, 0.3) is 0 Å². The number of rotatable bonds is 6. The molecule has 0 saturated heterocycles. The molecule has 0 fully saturated rings. The molecule has 5 nitrogen and oxygen atoms in total. The Hall–Kier alpha value is -1.85. The van der Waals surface area contributed by atoms with Crippen LogP contribution in [0.15, 0.2) is 30.5 Å². The van der Waals surface area contributed by atoms with Crippen LogP contribution in [0.4, 0.5) is 0 Å². The van der Waals surface area contributed by atoms with E-state index in [9.17, 15) is 9.90 Å². The maximum absolute atomic E-state index is 12.4. The molecular weight excluding hydrogens is 314 g/mol. The molecule has 23 heavy (non-hydrogen) atoms. The summed E-state index contributed by atoms with van der Waals surface area (Å²) in [6, 6.07) is 7.67. The summed E-state index contributed by atoms with van der Waals surface area (Å²) in [4.78, 5) is 14.1. The van der Waals surface area contributed by atoms with E-state index in [0.29, 0.717) is 11.6 Å². The van der Waals surface area contributed by atoms with Crippen molar-refractivity contribution in [2.24, 2.45) is 0 Å². The second kappa shape index (κ2) is 7.62. The number of carbonyl (C=O) groups excluding carboxylic acids is 1. The van der Waals surface area contributed by atoms with Crippen molar-refractivity contribution in [3.63, 3.8) is 0 Å². The highest BCUT2D eigenvalue weighted by atomic mass is 35.5. The molecule has 0 aliphatic rings. The number of nitrogens with zero attached hydrogens (tertiary/aromatic N) is 3. The van der Waals surface area contributed by atoms with E-state index in [-0.39, 0.29) is 19.0 Å². The molecule has 6 heteroatoms. The number of hydrogen-bond acceptors (Lipinski definition) is 3. The molecular formula is C17H22ClN3O2. The number of likely N-dealkylation sites (N-methyl/N-ethyl adjacent to an activating group) is 1. The molecule has 0 radical (unpaired) electrons. The number of benzene rings is 1. The van der Waals surface area contributed by atoms with Gasteiger partial charge in [0.2, 0.25) is 5.91 Å². The highest BCUT2D eigenvalue weighted by molar-refractivity contribution is 6.31. The molecule has 124 valence electrons. The van der Waals surface area contributed by atoms with Gasteiger partial charge < -0.3 is 10.0 Å². The molecule has 0 aliphatic heterocycles. The first-order valence-corrected chi connectivity index (χ1v) is 8.00. The average molecular weight is 336 g/mol. The van der Waals surface area contributed by atoms with E-state index < -0.39 is 6.10 Å². The molecule has 1 N–H and O–H groups in total. The van der Waals surface area contributed by atoms with Crippen LogP contribution in [0.25, 0.3) is 0 Å². The Morgan fingerprint density at radius 3 is 2.52 bits per heavy atom. The lowest BCUT2D eigenvalue weighted by Crippen LogP contribution is -2.37. The van der Waals surface area contributed by atoms with Gasteiger partial charge in [-0.05, 0) is 26.3 Å². The summed E-state index contributed by atoms with van der Waals surface area (Å²) in [7, 11) is 0. The van der Waals surface area contributed by atoms with Gasteiger partial charge in [-0.25, -0.2) is 0 Å². The lowest BCUT2D eigenvalue weighted by molar-refractivity contribution is -0.133. The second-order valence-corrected chi connectivity index (χ2v) is 6.00. The van der Waals surface area contributed by atoms with Gasteiger partial charge >= 0.3 is 0 Å². The summed E-state index contributed by atoms with van der Waals surface area (Å²) in [5, 5.41) is 15.0. The smallest absolute Gasteiger partial charge is 0.244 e. The fourth-order valence-corrected chi connectivity index (χ4v) is 2.46. The summed E-state index contributed by atoms with van der Waals surface area (Å²) in [6.07, 6.45) is 0.823. The third kappa shape index (κ3) is 4.33. The number of aryl methyl sites for hydroxylation is 1. The quantitative estimate of drug-likeness (QED) is 0.883. The summed E-state index contributed by atoms with van der Waals surface area (Å²) in [5.41, 5.74) is 2.70. The Labute approximate surface area is 141 Å². The number of halogens is 1. The summed E-state index contributed by atoms with van der Waals surface area (Å²) >= 11 is 5.96. The van der Waals surface area contributed by atoms with Crippen molar-refractivity contribution in [3.8, 4) is 0 Å². The van der Waals surface area contributed by atoms with Crippen molar-refractivity contribution in [1.29, 1.82) is 0 Å². The van der Waals surface area contributed by atoms with Crippen LogP contribution >= 0.6 is 11.6 Å². The first-order valence-electron chi connectivity index (χ1n) is 7.62. The van der Waals surface area contributed by atoms with Crippen molar-refractivity contribution in [2.45, 2.75) is 33.4 Å². The van der Waals surface area contributed by atoms with Gasteiger partial charge in [0, 0.05) is 6.54 Å². The number of carbonyl (C=O) groups is 1. The third-order valence-corrected chi connectivity index (χ3v) is 4.29. The molecule has 1 amide bonds. The van der Waals surface area contributed by atoms with Crippen molar-refractivity contribution in [3.05, 3.63) is 52.3 Å². The summed E-state index contributed by atoms with van der Waals surface area (Å²) in [6.45, 7) is 6.60. The average Bonchev–Trinajstić information content (AvgIpc) is 2.85. The van der Waals surface area contributed by atoms with Gasteiger partial charge in [-0.2, -0.15) is 5.10 Å². The van der Waals surface area contributed by atoms with E-state index >= 15 is 0 Å². The van der Waals surface area contributed by atoms with E-state index in [1.54, 1.807) is 9.58 Å². The van der Waals surface area contributed by atoms with Crippen LogP contribution in [0.5, 0.6) is 0 Å². The molecule has 0 bridgehead atoms. The minimum Gasteiger partial charge on any atom is -0.387 e. The maximum Gasteiger partial charge on any atom is 0.244 e. The van der Waals surface area contributed by atoms with Crippen LogP contribution in [-0.4, -0.2) is 38.8 Å². The normalized spacial score (nSPS) is 12.2. The predicted octanol–water partition coefficient (Wildman–Crippen LogP) is 2.74. The molecule has 0 spiro atoms. The molecule has 1 atom stereocenters. The molecule has 1 unspecified atom stereocenters. The van der Waals surface area contributed by atoms with Crippen LogP contribution in [0, 0.1) is 13.8 Å². The van der Waals surface area contributed by atoms with Gasteiger partial charge in [0.15, 0.2) is 0 Å². The molecule has 1 aromatic carbocycles. The minimum atomic E-state index is -0.707. The molecule has 1 heterocycles. The Kier molecular flexibility index (Phi) is 5.80. The SMILES string of the molecule is CCN(CC(O)c1ccc(C)cc1)C(=O)Cn1ncc(Cl)c1C. The number of aliphatic hydroxyl groups is 1. The maximum atomic E-state index is 12.4. The number of hydrogen-bond donors (Lipinski definition) is 1. The zero-order chi connectivity index (χ0) is 17.0. The van der Waals surface area contributed by atoms with Gasteiger partial charge in [0.05, 0.1) is 29.6 Å². The van der Waals surface area contributed by atoms with E-state index in [2.05, 4.69) is 5.10 Å². The summed E-state index contributed by atoms with van der Waals surface area (Å²) in [5.74, 6) is -0.0958. The minimum absolute atomic E-state index is 0.0958. The van der Waals surface area contributed by atoms with Gasteiger partial charge in [0.1, 0.15) is 6.54 Å². The van der Waals surface area contributed by atoms with E-state index in [1.165, 1.54) is 6.20 Å². The predicted molar refractivity (Wildman–Crippen MR) is 90.4 cm³/mol. The van der Waals surface area contributed by atoms with E-state index in [0.717, 1.165) is 16.8 Å². The highest BCUT2D eigenvalue weighted by Gasteiger charge is 2.19. The number of aliphatic hydroxyl groups excluding tert-OH is 1. The molecule has 2 aromatic rings. The lowest BCUT2D eigenvalue weighted by atomic mass is 10.1. The Morgan fingerprint density at radius 2 is 2.00 bits per heavy atom. The van der Waals surface area contributed by atoms with Crippen molar-refractivity contribution in [2.75, 3.05) is 13.1 Å². The molecule has 0 aliphatic carbocycles. The first-order chi connectivity index (χ1) is 10.9. The van der Waals surface area contributed by atoms with Crippen molar-refractivity contribution >= 4 is 17.5 Å². The molecule has 1 aromatic heterocycles. The number of amides is 1. The van der Waals surface area contributed by atoms with Crippen LogP contribution < -0.4 is 0 Å². The zero-order valence-corrected chi connectivity index (χ0v) is 14.4. The second-order valence-electron chi connectivity index (χ2n) is 5.59. The molecule has 0 saturated carbocycles. The lowest BCUT2D eigenvalue weighted by Gasteiger charge is -2.24. The van der Waals surface area contributed by atoms with Crippen LogP contribution in [0.1, 0.15) is 29.8 Å². The highest BCUT2D eigenvalue weighted by Crippen LogP contribution is 2.16. The van der Waals surface area contributed by atoms with Crippen LogP contribution in [-0.2, 0) is 11.3 Å². The monoisotopic (exact) mass is 335 g/mol.